The molecule has 3 nitrogen and oxygen atoms in total. The van der Waals surface area contributed by atoms with Gasteiger partial charge >= 0.3 is 0 Å². The maximum Gasteiger partial charge on any atom is 0.222 e. The zero-order valence-corrected chi connectivity index (χ0v) is 13.1. The van der Waals surface area contributed by atoms with Gasteiger partial charge in [0.2, 0.25) is 5.91 Å². The predicted molar refractivity (Wildman–Crippen MR) is 79.0 cm³/mol. The van der Waals surface area contributed by atoms with Crippen LogP contribution < -0.4 is 0 Å². The first-order valence-electron chi connectivity index (χ1n) is 7.99. The fourth-order valence-corrected chi connectivity index (χ4v) is 3.35. The number of carbonyl (C=O) groups is 1. The molecule has 0 radical (unpaired) electrons. The van der Waals surface area contributed by atoms with Crippen molar-refractivity contribution in [3.63, 3.8) is 0 Å². The zero-order valence-electron chi connectivity index (χ0n) is 13.1. The molecule has 0 aromatic heterocycles. The molecule has 0 spiro atoms. The van der Waals surface area contributed by atoms with Crippen LogP contribution in [0.3, 0.4) is 0 Å². The Morgan fingerprint density at radius 2 is 1.68 bits per heavy atom. The number of likely N-dealkylation sites (tertiary alicyclic amines) is 2. The summed E-state index contributed by atoms with van der Waals surface area (Å²) in [6.45, 7) is 13.3. The quantitative estimate of drug-likeness (QED) is 0.781. The molecule has 2 fully saturated rings. The Balaban J connectivity index is 1.68. The third kappa shape index (κ3) is 3.71. The van der Waals surface area contributed by atoms with Crippen molar-refractivity contribution in [2.75, 3.05) is 26.2 Å². The second kappa shape index (κ2) is 6.25. The fourth-order valence-electron chi connectivity index (χ4n) is 3.35. The van der Waals surface area contributed by atoms with Crippen LogP contribution in [0.2, 0.25) is 0 Å². The predicted octanol–water partition coefficient (Wildman–Crippen LogP) is 2.61. The maximum atomic E-state index is 12.3. The molecule has 0 aliphatic carbocycles. The van der Waals surface area contributed by atoms with E-state index in [0.717, 1.165) is 44.4 Å². The monoisotopic (exact) mass is 266 g/mol. The van der Waals surface area contributed by atoms with Gasteiger partial charge in [-0.25, -0.2) is 0 Å². The van der Waals surface area contributed by atoms with Crippen LogP contribution in [0, 0.1) is 17.8 Å². The van der Waals surface area contributed by atoms with Crippen LogP contribution in [-0.4, -0.2) is 47.9 Å². The van der Waals surface area contributed by atoms with Gasteiger partial charge in [0.25, 0.3) is 0 Å². The summed E-state index contributed by atoms with van der Waals surface area (Å²) in [5.41, 5.74) is 0. The van der Waals surface area contributed by atoms with Gasteiger partial charge in [-0.2, -0.15) is 0 Å². The number of hydrogen-bond donors (Lipinski definition) is 0. The van der Waals surface area contributed by atoms with Crippen molar-refractivity contribution in [2.45, 2.75) is 53.0 Å². The van der Waals surface area contributed by atoms with Gasteiger partial charge < -0.3 is 9.80 Å². The van der Waals surface area contributed by atoms with Crippen molar-refractivity contribution in [1.29, 1.82) is 0 Å². The minimum Gasteiger partial charge on any atom is -0.343 e. The Morgan fingerprint density at radius 1 is 1.11 bits per heavy atom. The molecule has 2 rings (SSSR count). The van der Waals surface area contributed by atoms with Crippen LogP contribution >= 0.6 is 0 Å². The summed E-state index contributed by atoms with van der Waals surface area (Å²) in [6, 6.07) is 0.633. The highest BCUT2D eigenvalue weighted by molar-refractivity contribution is 5.76. The van der Waals surface area contributed by atoms with E-state index in [9.17, 15) is 4.79 Å². The molecule has 0 bridgehead atoms. The normalized spacial score (nSPS) is 23.2. The van der Waals surface area contributed by atoms with E-state index >= 15 is 0 Å². The third-order valence-electron chi connectivity index (χ3n) is 5.01. The van der Waals surface area contributed by atoms with Gasteiger partial charge in [-0.3, -0.25) is 4.79 Å². The molecule has 0 aromatic carbocycles. The van der Waals surface area contributed by atoms with Gasteiger partial charge in [-0.15, -0.1) is 0 Å². The molecule has 0 unspecified atom stereocenters. The van der Waals surface area contributed by atoms with E-state index in [1.807, 2.05) is 0 Å². The first kappa shape index (κ1) is 14.8. The van der Waals surface area contributed by atoms with Gasteiger partial charge in [0.15, 0.2) is 0 Å². The SMILES string of the molecule is CC(C)C1CCN(C(=O)CC2CN(C(C)C)C2)CC1. The van der Waals surface area contributed by atoms with Gasteiger partial charge in [0.05, 0.1) is 0 Å². The summed E-state index contributed by atoms with van der Waals surface area (Å²) in [5.74, 6) is 2.60. The largest absolute Gasteiger partial charge is 0.343 e. The number of nitrogens with zero attached hydrogens (tertiary/aromatic N) is 2. The Labute approximate surface area is 118 Å². The molecule has 2 heterocycles. The number of carbonyl (C=O) groups excluding carboxylic acids is 1. The second-order valence-corrected chi connectivity index (χ2v) is 7.08. The first-order valence-corrected chi connectivity index (χ1v) is 7.99. The molecule has 1 amide bonds. The van der Waals surface area contributed by atoms with Crippen molar-refractivity contribution in [3.8, 4) is 0 Å². The van der Waals surface area contributed by atoms with E-state index in [2.05, 4.69) is 37.5 Å². The molecule has 0 saturated carbocycles. The van der Waals surface area contributed by atoms with Crippen molar-refractivity contribution >= 4 is 5.91 Å². The average Bonchev–Trinajstić information content (AvgIpc) is 2.32. The van der Waals surface area contributed by atoms with Gasteiger partial charge in [0, 0.05) is 38.6 Å². The van der Waals surface area contributed by atoms with E-state index < -0.39 is 0 Å². The lowest BCUT2D eigenvalue weighted by molar-refractivity contribution is -0.135. The molecule has 0 aromatic rings. The van der Waals surface area contributed by atoms with Gasteiger partial charge in [-0.05, 0) is 44.4 Å². The Kier molecular flexibility index (Phi) is 4.88. The molecule has 19 heavy (non-hydrogen) atoms. The van der Waals surface area contributed by atoms with Crippen LogP contribution in [0.25, 0.3) is 0 Å². The fraction of sp³-hybridized carbons (Fsp3) is 0.938. The first-order chi connectivity index (χ1) is 8.97. The van der Waals surface area contributed by atoms with Gasteiger partial charge in [-0.1, -0.05) is 13.8 Å². The van der Waals surface area contributed by atoms with E-state index in [0.29, 0.717) is 17.9 Å². The highest BCUT2D eigenvalue weighted by Crippen LogP contribution is 2.27. The summed E-state index contributed by atoms with van der Waals surface area (Å²) in [6.07, 6.45) is 3.17. The lowest BCUT2D eigenvalue weighted by atomic mass is 9.86. The van der Waals surface area contributed by atoms with Crippen LogP contribution in [-0.2, 0) is 4.79 Å². The number of hydrogen-bond acceptors (Lipinski definition) is 2. The molecule has 3 heteroatoms. The van der Waals surface area contributed by atoms with E-state index in [4.69, 9.17) is 0 Å². The van der Waals surface area contributed by atoms with Crippen molar-refractivity contribution in [2.24, 2.45) is 17.8 Å². The summed E-state index contributed by atoms with van der Waals surface area (Å²) >= 11 is 0. The van der Waals surface area contributed by atoms with E-state index in [-0.39, 0.29) is 0 Å². The molecular formula is C16H30N2O. The molecule has 0 atom stereocenters. The Hall–Kier alpha value is -0.570. The summed E-state index contributed by atoms with van der Waals surface area (Å²) in [5, 5.41) is 0. The van der Waals surface area contributed by atoms with Crippen LogP contribution in [0.1, 0.15) is 47.0 Å². The molecular weight excluding hydrogens is 236 g/mol. The number of amides is 1. The maximum absolute atomic E-state index is 12.3. The molecule has 110 valence electrons. The van der Waals surface area contributed by atoms with Crippen LogP contribution in [0.4, 0.5) is 0 Å². The highest BCUT2D eigenvalue weighted by Gasteiger charge is 2.32. The van der Waals surface area contributed by atoms with Crippen molar-refractivity contribution < 1.29 is 4.79 Å². The lowest BCUT2D eigenvalue weighted by Gasteiger charge is -2.43. The molecule has 2 saturated heterocycles. The summed E-state index contributed by atoms with van der Waals surface area (Å²) in [4.78, 5) is 16.8. The smallest absolute Gasteiger partial charge is 0.222 e. The van der Waals surface area contributed by atoms with E-state index in [1.165, 1.54) is 12.8 Å². The van der Waals surface area contributed by atoms with Gasteiger partial charge in [0.1, 0.15) is 0 Å². The molecule has 2 aliphatic rings. The third-order valence-corrected chi connectivity index (χ3v) is 5.01. The molecule has 2 aliphatic heterocycles. The lowest BCUT2D eigenvalue weighted by Crippen LogP contribution is -2.52. The molecule has 0 N–H and O–H groups in total. The minimum atomic E-state index is 0.399. The number of rotatable bonds is 4. The minimum absolute atomic E-state index is 0.399. The standard InChI is InChI=1S/C16H30N2O/c1-12(2)15-5-7-17(8-6-15)16(19)9-14-10-18(11-14)13(3)4/h12-15H,5-11H2,1-4H3. The number of piperidine rings is 1. The Morgan fingerprint density at radius 3 is 2.16 bits per heavy atom. The van der Waals surface area contributed by atoms with Crippen LogP contribution in [0.15, 0.2) is 0 Å². The van der Waals surface area contributed by atoms with E-state index in [1.54, 1.807) is 0 Å². The Bertz CT molecular complexity index is 300. The average molecular weight is 266 g/mol. The van der Waals surface area contributed by atoms with Crippen molar-refractivity contribution in [3.05, 3.63) is 0 Å². The summed E-state index contributed by atoms with van der Waals surface area (Å²) in [7, 11) is 0. The van der Waals surface area contributed by atoms with Crippen LogP contribution in [0.5, 0.6) is 0 Å². The van der Waals surface area contributed by atoms with Crippen molar-refractivity contribution in [1.82, 2.24) is 9.80 Å². The second-order valence-electron chi connectivity index (χ2n) is 7.08. The highest BCUT2D eigenvalue weighted by atomic mass is 16.2. The zero-order chi connectivity index (χ0) is 14.0. The topological polar surface area (TPSA) is 23.6 Å². The summed E-state index contributed by atoms with van der Waals surface area (Å²) < 4.78 is 0.